The molecule has 1 aromatic heterocycles. The second kappa shape index (κ2) is 8.56. The average molecular weight is 408 g/mol. The molecule has 0 saturated carbocycles. The second-order valence-corrected chi connectivity index (χ2v) is 6.41. The quantitative estimate of drug-likeness (QED) is 0.608. The number of hydrogen-bond acceptors (Lipinski definition) is 6. The Hall–Kier alpha value is -4.01. The van der Waals surface area contributed by atoms with Crippen molar-refractivity contribution >= 4 is 17.7 Å². The molecule has 0 saturated heterocycles. The number of carbonyl (C=O) groups excluding carboxylic acids is 2. The molecule has 1 aliphatic rings. The Balaban J connectivity index is 1.37. The van der Waals surface area contributed by atoms with Crippen LogP contribution in [-0.2, 0) is 11.3 Å². The number of benzene rings is 2. The summed E-state index contributed by atoms with van der Waals surface area (Å²) in [6.45, 7) is 2.57. The molecule has 9 heteroatoms. The number of fused-ring (bicyclic) bond motifs is 1. The summed E-state index contributed by atoms with van der Waals surface area (Å²) >= 11 is 0. The Labute approximate surface area is 172 Å². The molecule has 2 amide bonds. The van der Waals surface area contributed by atoms with Gasteiger partial charge in [0.25, 0.3) is 0 Å². The number of rotatable bonds is 6. The van der Waals surface area contributed by atoms with E-state index in [9.17, 15) is 9.59 Å². The lowest BCUT2D eigenvalue weighted by Crippen LogP contribution is -2.28. The van der Waals surface area contributed by atoms with Gasteiger partial charge in [0, 0.05) is 18.4 Å². The molecule has 2 N–H and O–H groups in total. The molecule has 4 rings (SSSR count). The largest absolute Gasteiger partial charge is 0.461 e. The number of nitrogens with one attached hydrogen (secondary N) is 2. The molecule has 0 unspecified atom stereocenters. The Kier molecular flexibility index (Phi) is 5.51. The number of amides is 2. The summed E-state index contributed by atoms with van der Waals surface area (Å²) in [7, 11) is 0. The SMILES string of the molecule is CCOC(=O)c1ccn(-c2cccc(NC(=O)NCc3ccc4c(c3)OCO4)c2)n1. The summed E-state index contributed by atoms with van der Waals surface area (Å²) < 4.78 is 17.1. The van der Waals surface area contributed by atoms with Crippen LogP contribution in [0.2, 0.25) is 0 Å². The molecule has 30 heavy (non-hydrogen) atoms. The van der Waals surface area contributed by atoms with Gasteiger partial charge in [-0.2, -0.15) is 5.10 Å². The van der Waals surface area contributed by atoms with Crippen molar-refractivity contribution in [2.45, 2.75) is 13.5 Å². The number of aromatic nitrogens is 2. The second-order valence-electron chi connectivity index (χ2n) is 6.41. The van der Waals surface area contributed by atoms with Crippen molar-refractivity contribution in [3.63, 3.8) is 0 Å². The van der Waals surface area contributed by atoms with Gasteiger partial charge in [-0.1, -0.05) is 12.1 Å². The zero-order chi connectivity index (χ0) is 20.9. The highest BCUT2D eigenvalue weighted by Crippen LogP contribution is 2.32. The van der Waals surface area contributed by atoms with Crippen LogP contribution in [0.25, 0.3) is 5.69 Å². The molecule has 0 aliphatic carbocycles. The molecule has 0 spiro atoms. The van der Waals surface area contributed by atoms with Crippen molar-refractivity contribution in [3.8, 4) is 17.2 Å². The monoisotopic (exact) mass is 408 g/mol. The summed E-state index contributed by atoms with van der Waals surface area (Å²) in [5.41, 5.74) is 2.39. The first-order valence-corrected chi connectivity index (χ1v) is 9.39. The highest BCUT2D eigenvalue weighted by Gasteiger charge is 2.14. The van der Waals surface area contributed by atoms with Gasteiger partial charge < -0.3 is 24.8 Å². The fourth-order valence-electron chi connectivity index (χ4n) is 2.92. The Morgan fingerprint density at radius 2 is 2.00 bits per heavy atom. The predicted octanol–water partition coefficient (Wildman–Crippen LogP) is 3.10. The van der Waals surface area contributed by atoms with E-state index in [2.05, 4.69) is 15.7 Å². The van der Waals surface area contributed by atoms with Crippen LogP contribution in [0, 0.1) is 0 Å². The van der Waals surface area contributed by atoms with Crippen LogP contribution < -0.4 is 20.1 Å². The lowest BCUT2D eigenvalue weighted by atomic mass is 10.2. The Bertz CT molecular complexity index is 1080. The van der Waals surface area contributed by atoms with Crippen molar-refractivity contribution in [1.29, 1.82) is 0 Å². The van der Waals surface area contributed by atoms with Crippen LogP contribution >= 0.6 is 0 Å². The Morgan fingerprint density at radius 3 is 2.87 bits per heavy atom. The van der Waals surface area contributed by atoms with Crippen LogP contribution in [-0.4, -0.2) is 35.2 Å². The fraction of sp³-hybridized carbons (Fsp3) is 0.190. The summed E-state index contributed by atoms with van der Waals surface area (Å²) in [6, 6.07) is 13.9. The first kappa shape index (κ1) is 19.3. The normalized spacial score (nSPS) is 11.8. The highest BCUT2D eigenvalue weighted by molar-refractivity contribution is 5.89. The van der Waals surface area contributed by atoms with Crippen LogP contribution in [0.4, 0.5) is 10.5 Å². The average Bonchev–Trinajstić information content (AvgIpc) is 3.42. The number of anilines is 1. The van der Waals surface area contributed by atoms with Crippen LogP contribution in [0.3, 0.4) is 0 Å². The lowest BCUT2D eigenvalue weighted by Gasteiger charge is -2.10. The van der Waals surface area contributed by atoms with Gasteiger partial charge in [-0.05, 0) is 48.9 Å². The molecule has 0 bridgehead atoms. The maximum Gasteiger partial charge on any atom is 0.358 e. The molecule has 154 valence electrons. The van der Waals surface area contributed by atoms with Gasteiger partial charge in [-0.3, -0.25) is 0 Å². The third-order valence-corrected chi connectivity index (χ3v) is 4.33. The molecule has 1 aliphatic heterocycles. The predicted molar refractivity (Wildman–Crippen MR) is 108 cm³/mol. The number of urea groups is 1. The molecule has 9 nitrogen and oxygen atoms in total. The van der Waals surface area contributed by atoms with E-state index in [1.807, 2.05) is 24.3 Å². The van der Waals surface area contributed by atoms with E-state index in [0.717, 1.165) is 5.56 Å². The number of esters is 1. The van der Waals surface area contributed by atoms with Crippen molar-refractivity contribution in [2.75, 3.05) is 18.7 Å². The minimum Gasteiger partial charge on any atom is -0.461 e. The molecule has 3 aromatic rings. The van der Waals surface area contributed by atoms with Crippen molar-refractivity contribution in [3.05, 3.63) is 66.0 Å². The van der Waals surface area contributed by atoms with Crippen LogP contribution in [0.5, 0.6) is 11.5 Å². The number of nitrogens with zero attached hydrogens (tertiary/aromatic N) is 2. The number of carbonyl (C=O) groups is 2. The topological polar surface area (TPSA) is 104 Å². The molecule has 2 heterocycles. The van der Waals surface area contributed by atoms with E-state index in [-0.39, 0.29) is 25.1 Å². The Morgan fingerprint density at radius 1 is 1.13 bits per heavy atom. The van der Waals surface area contributed by atoms with E-state index in [4.69, 9.17) is 14.2 Å². The van der Waals surface area contributed by atoms with Crippen LogP contribution in [0.15, 0.2) is 54.7 Å². The molecular formula is C21H20N4O5. The van der Waals surface area contributed by atoms with Crippen molar-refractivity contribution in [1.82, 2.24) is 15.1 Å². The molecule has 2 aromatic carbocycles. The number of ether oxygens (including phenoxy) is 3. The summed E-state index contributed by atoms with van der Waals surface area (Å²) in [6.07, 6.45) is 1.66. The standard InChI is InChI=1S/C21H20N4O5/c1-2-28-20(26)17-8-9-25(24-17)16-5-3-4-15(11-16)23-21(27)22-12-14-6-7-18-19(10-14)30-13-29-18/h3-11H,2,12-13H2,1H3,(H2,22,23,27). The third kappa shape index (κ3) is 4.35. The first-order chi connectivity index (χ1) is 14.6. The van der Waals surface area contributed by atoms with E-state index in [1.165, 1.54) is 0 Å². The van der Waals surface area contributed by atoms with E-state index < -0.39 is 5.97 Å². The zero-order valence-corrected chi connectivity index (χ0v) is 16.3. The zero-order valence-electron chi connectivity index (χ0n) is 16.3. The maximum atomic E-state index is 12.3. The van der Waals surface area contributed by atoms with Gasteiger partial charge in [-0.15, -0.1) is 0 Å². The third-order valence-electron chi connectivity index (χ3n) is 4.33. The van der Waals surface area contributed by atoms with Crippen molar-refractivity contribution < 1.29 is 23.8 Å². The van der Waals surface area contributed by atoms with Gasteiger partial charge >= 0.3 is 12.0 Å². The van der Waals surface area contributed by atoms with E-state index in [0.29, 0.717) is 29.4 Å². The minimum atomic E-state index is -0.478. The van der Waals surface area contributed by atoms with Gasteiger partial charge in [0.1, 0.15) is 0 Å². The van der Waals surface area contributed by atoms with Gasteiger partial charge in [0.05, 0.1) is 12.3 Å². The molecular weight excluding hydrogens is 388 g/mol. The van der Waals surface area contributed by atoms with Crippen molar-refractivity contribution in [2.24, 2.45) is 0 Å². The minimum absolute atomic E-state index is 0.209. The van der Waals surface area contributed by atoms with E-state index in [1.54, 1.807) is 42.1 Å². The molecule has 0 fully saturated rings. The van der Waals surface area contributed by atoms with E-state index >= 15 is 0 Å². The van der Waals surface area contributed by atoms with Gasteiger partial charge in [0.2, 0.25) is 6.79 Å². The highest BCUT2D eigenvalue weighted by atomic mass is 16.7. The lowest BCUT2D eigenvalue weighted by molar-refractivity contribution is 0.0519. The molecule has 0 radical (unpaired) electrons. The summed E-state index contributed by atoms with van der Waals surface area (Å²) in [5, 5.41) is 9.80. The summed E-state index contributed by atoms with van der Waals surface area (Å²) in [5.74, 6) is 0.891. The maximum absolute atomic E-state index is 12.3. The van der Waals surface area contributed by atoms with Gasteiger partial charge in [0.15, 0.2) is 17.2 Å². The smallest absolute Gasteiger partial charge is 0.358 e. The van der Waals surface area contributed by atoms with Crippen LogP contribution in [0.1, 0.15) is 23.0 Å². The molecule has 0 atom stereocenters. The number of hydrogen-bond donors (Lipinski definition) is 2. The van der Waals surface area contributed by atoms with Gasteiger partial charge in [-0.25, -0.2) is 14.3 Å². The summed E-state index contributed by atoms with van der Waals surface area (Å²) in [4.78, 5) is 24.0. The first-order valence-electron chi connectivity index (χ1n) is 9.39. The fourth-order valence-corrected chi connectivity index (χ4v) is 2.92.